The van der Waals surface area contributed by atoms with Gasteiger partial charge in [-0.3, -0.25) is 9.59 Å². The Balaban J connectivity index is 1.32. The highest BCUT2D eigenvalue weighted by atomic mass is 16.3. The molecule has 2 aromatic carbocycles. The van der Waals surface area contributed by atoms with Crippen LogP contribution in [0.5, 0.6) is 0 Å². The van der Waals surface area contributed by atoms with Gasteiger partial charge in [-0.25, -0.2) is 4.98 Å². The van der Waals surface area contributed by atoms with Crippen LogP contribution in [0.25, 0.3) is 0 Å². The number of nitrogens with zero attached hydrogens (tertiary/aromatic N) is 2. The van der Waals surface area contributed by atoms with E-state index in [2.05, 4.69) is 17.1 Å². The third-order valence-electron chi connectivity index (χ3n) is 8.02. The summed E-state index contributed by atoms with van der Waals surface area (Å²) < 4.78 is 5.60. The summed E-state index contributed by atoms with van der Waals surface area (Å²) in [4.78, 5) is 33.2. The van der Waals surface area contributed by atoms with Gasteiger partial charge in [0.15, 0.2) is 5.78 Å². The SMILES string of the molecule is Cc1coc([C@H]2CCCN2C(=O)c2cccc(C(=O)C[C@@H](Cc3ccccc3)[C@H](O)C3CCCC3)c2)n1. The number of aliphatic hydroxyl groups is 1. The quantitative estimate of drug-likeness (QED) is 0.368. The van der Waals surface area contributed by atoms with Gasteiger partial charge in [-0.05, 0) is 68.6 Å². The molecule has 0 radical (unpaired) electrons. The van der Waals surface area contributed by atoms with Crippen LogP contribution in [0.2, 0.25) is 0 Å². The standard InChI is InChI=1S/C31H36N2O4/c1-21-20-37-30(32-21)27-15-8-16-33(27)31(36)25-14-7-13-24(18-25)28(34)19-26(17-22-9-3-2-4-10-22)29(35)23-11-5-6-12-23/h2-4,7,9-10,13-14,18,20,23,26-27,29,35H,5-6,8,11-12,15-17,19H2,1H3/t26-,27-,29-/m1/s1. The van der Waals surface area contributed by atoms with Crippen molar-refractivity contribution in [2.75, 3.05) is 6.54 Å². The Morgan fingerprint density at radius 1 is 1.03 bits per heavy atom. The number of hydrogen-bond donors (Lipinski definition) is 1. The summed E-state index contributed by atoms with van der Waals surface area (Å²) in [6.07, 6.45) is 8.04. The summed E-state index contributed by atoms with van der Waals surface area (Å²) >= 11 is 0. The number of rotatable bonds is 9. The van der Waals surface area contributed by atoms with Gasteiger partial charge in [0.25, 0.3) is 5.91 Å². The molecular formula is C31H36N2O4. The second-order valence-electron chi connectivity index (χ2n) is 10.7. The van der Waals surface area contributed by atoms with Crippen LogP contribution >= 0.6 is 0 Å². The smallest absolute Gasteiger partial charge is 0.254 e. The van der Waals surface area contributed by atoms with E-state index in [-0.39, 0.29) is 36.0 Å². The van der Waals surface area contributed by atoms with Gasteiger partial charge in [0.2, 0.25) is 5.89 Å². The van der Waals surface area contributed by atoms with Crippen LogP contribution in [0.15, 0.2) is 65.3 Å². The van der Waals surface area contributed by atoms with Crippen molar-refractivity contribution < 1.29 is 19.1 Å². The predicted molar refractivity (Wildman–Crippen MR) is 141 cm³/mol. The Labute approximate surface area is 218 Å². The fourth-order valence-corrected chi connectivity index (χ4v) is 6.05. The summed E-state index contributed by atoms with van der Waals surface area (Å²) in [5, 5.41) is 11.3. The van der Waals surface area contributed by atoms with Crippen LogP contribution in [0.1, 0.15) is 88.9 Å². The van der Waals surface area contributed by atoms with Gasteiger partial charge in [-0.1, -0.05) is 55.3 Å². The zero-order valence-corrected chi connectivity index (χ0v) is 21.5. The van der Waals surface area contributed by atoms with E-state index < -0.39 is 6.10 Å². The molecule has 1 amide bonds. The zero-order chi connectivity index (χ0) is 25.8. The molecule has 2 heterocycles. The number of carbonyl (C=O) groups excluding carboxylic acids is 2. The maximum atomic E-state index is 13.5. The second kappa shape index (κ2) is 11.4. The molecule has 3 aromatic rings. The number of aliphatic hydroxyl groups excluding tert-OH is 1. The zero-order valence-electron chi connectivity index (χ0n) is 21.5. The van der Waals surface area contributed by atoms with Gasteiger partial charge in [0, 0.05) is 24.1 Å². The van der Waals surface area contributed by atoms with Crippen molar-refractivity contribution in [2.45, 2.75) is 70.4 Å². The molecule has 5 rings (SSSR count). The lowest BCUT2D eigenvalue weighted by molar-refractivity contribution is 0.0456. The monoisotopic (exact) mass is 500 g/mol. The molecule has 6 heteroatoms. The van der Waals surface area contributed by atoms with Crippen molar-refractivity contribution in [3.8, 4) is 0 Å². The molecule has 2 aliphatic rings. The summed E-state index contributed by atoms with van der Waals surface area (Å²) in [6, 6.07) is 16.9. The highest BCUT2D eigenvalue weighted by molar-refractivity contribution is 6.00. The fraction of sp³-hybridized carbons (Fsp3) is 0.452. The van der Waals surface area contributed by atoms with Crippen LogP contribution in [-0.4, -0.2) is 39.3 Å². The molecule has 1 saturated carbocycles. The van der Waals surface area contributed by atoms with Gasteiger partial charge in [0.1, 0.15) is 12.3 Å². The van der Waals surface area contributed by atoms with E-state index in [1.807, 2.05) is 25.1 Å². The second-order valence-corrected chi connectivity index (χ2v) is 10.7. The molecule has 1 aromatic heterocycles. The van der Waals surface area contributed by atoms with Gasteiger partial charge in [-0.15, -0.1) is 0 Å². The van der Waals surface area contributed by atoms with Gasteiger partial charge in [0.05, 0.1) is 11.8 Å². The Bertz CT molecular complexity index is 1210. The summed E-state index contributed by atoms with van der Waals surface area (Å²) in [5.41, 5.74) is 2.94. The minimum Gasteiger partial charge on any atom is -0.446 e. The van der Waals surface area contributed by atoms with Gasteiger partial charge < -0.3 is 14.4 Å². The molecule has 1 saturated heterocycles. The molecule has 3 atom stereocenters. The molecule has 0 spiro atoms. The minimum absolute atomic E-state index is 0.0334. The number of aromatic nitrogens is 1. The molecule has 0 unspecified atom stereocenters. The largest absolute Gasteiger partial charge is 0.446 e. The van der Waals surface area contributed by atoms with Crippen LogP contribution in [0.4, 0.5) is 0 Å². The number of likely N-dealkylation sites (tertiary alicyclic amines) is 1. The predicted octanol–water partition coefficient (Wildman–Crippen LogP) is 5.94. The summed E-state index contributed by atoms with van der Waals surface area (Å²) in [7, 11) is 0. The van der Waals surface area contributed by atoms with Gasteiger partial charge >= 0.3 is 0 Å². The van der Waals surface area contributed by atoms with Crippen molar-refractivity contribution in [2.24, 2.45) is 11.8 Å². The molecule has 0 bridgehead atoms. The molecule has 37 heavy (non-hydrogen) atoms. The molecular weight excluding hydrogens is 464 g/mol. The Kier molecular flexibility index (Phi) is 7.85. The van der Waals surface area contributed by atoms with E-state index in [9.17, 15) is 14.7 Å². The average molecular weight is 501 g/mol. The molecule has 2 fully saturated rings. The number of carbonyl (C=O) groups is 2. The van der Waals surface area contributed by atoms with E-state index >= 15 is 0 Å². The Morgan fingerprint density at radius 2 is 1.78 bits per heavy atom. The molecule has 1 aliphatic heterocycles. The number of aryl methyl sites for hydroxylation is 1. The first-order chi connectivity index (χ1) is 18.0. The highest BCUT2D eigenvalue weighted by Crippen LogP contribution is 2.35. The first kappa shape index (κ1) is 25.4. The lowest BCUT2D eigenvalue weighted by atomic mass is 9.81. The fourth-order valence-electron chi connectivity index (χ4n) is 6.05. The number of Topliss-reactive ketones (excluding diaryl/α,β-unsaturated/α-hetero) is 1. The van der Waals surface area contributed by atoms with Crippen LogP contribution in [0, 0.1) is 18.8 Å². The number of benzene rings is 2. The average Bonchev–Trinajstić information content (AvgIpc) is 3.70. The lowest BCUT2D eigenvalue weighted by Crippen LogP contribution is -2.32. The van der Waals surface area contributed by atoms with Crippen LogP contribution in [0.3, 0.4) is 0 Å². The van der Waals surface area contributed by atoms with E-state index in [0.29, 0.717) is 30.0 Å². The Morgan fingerprint density at radius 3 is 2.51 bits per heavy atom. The molecule has 6 nitrogen and oxygen atoms in total. The van der Waals surface area contributed by atoms with E-state index in [1.165, 1.54) is 0 Å². The maximum absolute atomic E-state index is 13.5. The van der Waals surface area contributed by atoms with E-state index in [4.69, 9.17) is 4.42 Å². The normalized spacial score (nSPS) is 19.7. The van der Waals surface area contributed by atoms with Crippen molar-refractivity contribution in [1.29, 1.82) is 0 Å². The van der Waals surface area contributed by atoms with Crippen molar-refractivity contribution in [3.63, 3.8) is 0 Å². The number of oxazole rings is 1. The number of hydrogen-bond acceptors (Lipinski definition) is 5. The highest BCUT2D eigenvalue weighted by Gasteiger charge is 2.35. The number of amides is 1. The van der Waals surface area contributed by atoms with Crippen molar-refractivity contribution in [3.05, 3.63) is 89.1 Å². The van der Waals surface area contributed by atoms with Gasteiger partial charge in [-0.2, -0.15) is 0 Å². The van der Waals surface area contributed by atoms with Crippen molar-refractivity contribution in [1.82, 2.24) is 9.88 Å². The molecule has 194 valence electrons. The van der Waals surface area contributed by atoms with E-state index in [1.54, 1.807) is 35.4 Å². The summed E-state index contributed by atoms with van der Waals surface area (Å²) in [6.45, 7) is 2.51. The third kappa shape index (κ3) is 5.85. The summed E-state index contributed by atoms with van der Waals surface area (Å²) in [5.74, 6) is 0.517. The topological polar surface area (TPSA) is 83.6 Å². The first-order valence-corrected chi connectivity index (χ1v) is 13.6. The maximum Gasteiger partial charge on any atom is 0.254 e. The van der Waals surface area contributed by atoms with Crippen LogP contribution in [-0.2, 0) is 6.42 Å². The first-order valence-electron chi connectivity index (χ1n) is 13.6. The molecule has 1 aliphatic carbocycles. The number of ketones is 1. The van der Waals surface area contributed by atoms with Crippen molar-refractivity contribution >= 4 is 11.7 Å². The minimum atomic E-state index is -0.508. The third-order valence-corrected chi connectivity index (χ3v) is 8.02. The van der Waals surface area contributed by atoms with E-state index in [0.717, 1.165) is 49.8 Å². The Hall–Kier alpha value is -3.25. The van der Waals surface area contributed by atoms with Crippen LogP contribution < -0.4 is 0 Å². The molecule has 1 N–H and O–H groups in total. The lowest BCUT2D eigenvalue weighted by Gasteiger charge is -2.27.